The zero-order valence-electron chi connectivity index (χ0n) is 13.5. The summed E-state index contributed by atoms with van der Waals surface area (Å²) in [5, 5.41) is 6.23. The van der Waals surface area contributed by atoms with Crippen LogP contribution in [0, 0.1) is 0 Å². The van der Waals surface area contributed by atoms with Gasteiger partial charge >= 0.3 is 0 Å². The number of hydrogen-bond acceptors (Lipinski definition) is 7. The van der Waals surface area contributed by atoms with Crippen molar-refractivity contribution in [3.63, 3.8) is 0 Å². The molecule has 7 nitrogen and oxygen atoms in total. The Labute approximate surface area is 136 Å². The Bertz CT molecular complexity index is 650. The Hall–Kier alpha value is -2.25. The lowest BCUT2D eigenvalue weighted by atomic mass is 10.1. The smallest absolute Gasteiger partial charge is 0.150 e. The van der Waals surface area contributed by atoms with Gasteiger partial charge in [0.05, 0.1) is 6.61 Å². The van der Waals surface area contributed by atoms with Gasteiger partial charge in [0, 0.05) is 57.9 Å². The zero-order valence-corrected chi connectivity index (χ0v) is 13.5. The summed E-state index contributed by atoms with van der Waals surface area (Å²) in [6.07, 6.45) is 5.12. The van der Waals surface area contributed by atoms with Crippen molar-refractivity contribution in [1.82, 2.24) is 19.9 Å². The molecule has 23 heavy (non-hydrogen) atoms. The molecule has 1 fully saturated rings. The number of rotatable bonds is 5. The molecule has 1 aliphatic rings. The number of nitrogens with zero attached hydrogens (tertiary/aromatic N) is 4. The van der Waals surface area contributed by atoms with E-state index in [0.717, 1.165) is 37.0 Å². The van der Waals surface area contributed by atoms with Crippen molar-refractivity contribution in [3.05, 3.63) is 42.0 Å². The molecule has 3 heterocycles. The second kappa shape index (κ2) is 7.34. The minimum Gasteiger partial charge on any atom is -0.373 e. The predicted octanol–water partition coefficient (Wildman–Crippen LogP) is 1.53. The van der Waals surface area contributed by atoms with Gasteiger partial charge in [0.15, 0.2) is 0 Å². The fraction of sp³-hybridized carbons (Fsp3) is 0.438. The highest BCUT2D eigenvalue weighted by Gasteiger charge is 2.26. The maximum absolute atomic E-state index is 5.92. The van der Waals surface area contributed by atoms with Crippen molar-refractivity contribution in [3.8, 4) is 0 Å². The molecule has 0 spiro atoms. The van der Waals surface area contributed by atoms with Crippen molar-refractivity contribution in [2.45, 2.75) is 12.6 Å². The van der Waals surface area contributed by atoms with E-state index in [1.165, 1.54) is 5.56 Å². The van der Waals surface area contributed by atoms with Crippen LogP contribution in [0.2, 0.25) is 0 Å². The number of hydrogen-bond donors (Lipinski definition) is 2. The molecule has 2 N–H and O–H groups in total. The van der Waals surface area contributed by atoms with Gasteiger partial charge in [0.1, 0.15) is 23.4 Å². The van der Waals surface area contributed by atoms with E-state index < -0.39 is 0 Å². The third-order valence-electron chi connectivity index (χ3n) is 3.94. The maximum atomic E-state index is 5.92. The average Bonchev–Trinajstić information content (AvgIpc) is 2.62. The fourth-order valence-corrected chi connectivity index (χ4v) is 2.82. The quantitative estimate of drug-likeness (QED) is 0.867. The van der Waals surface area contributed by atoms with Gasteiger partial charge < -0.3 is 15.4 Å². The van der Waals surface area contributed by atoms with Crippen LogP contribution < -0.4 is 10.6 Å². The van der Waals surface area contributed by atoms with Gasteiger partial charge in [-0.3, -0.25) is 9.88 Å². The van der Waals surface area contributed by atoms with Crippen molar-refractivity contribution in [2.24, 2.45) is 0 Å². The summed E-state index contributed by atoms with van der Waals surface area (Å²) >= 11 is 0. The largest absolute Gasteiger partial charge is 0.373 e. The third-order valence-corrected chi connectivity index (χ3v) is 3.94. The predicted molar refractivity (Wildman–Crippen MR) is 89.3 cm³/mol. The van der Waals surface area contributed by atoms with Crippen LogP contribution in [0.1, 0.15) is 17.4 Å². The Kier molecular flexibility index (Phi) is 4.99. The molecule has 0 bridgehead atoms. The van der Waals surface area contributed by atoms with E-state index in [9.17, 15) is 0 Å². The van der Waals surface area contributed by atoms with Gasteiger partial charge in [0.25, 0.3) is 0 Å². The molecular formula is C16H22N6O. The van der Waals surface area contributed by atoms with Crippen molar-refractivity contribution < 1.29 is 4.74 Å². The van der Waals surface area contributed by atoms with Crippen LogP contribution in [0.4, 0.5) is 11.6 Å². The molecule has 7 heteroatoms. The molecular weight excluding hydrogens is 292 g/mol. The number of ether oxygens (including phenoxy) is 1. The average molecular weight is 314 g/mol. The summed E-state index contributed by atoms with van der Waals surface area (Å²) in [5.74, 6) is 1.70. The molecule has 0 saturated carbocycles. The SMILES string of the molecule is CNc1ncccc1CN1CCO[C@@H](c2nccnc2NC)C1. The van der Waals surface area contributed by atoms with Crippen LogP contribution in [-0.2, 0) is 11.3 Å². The van der Waals surface area contributed by atoms with Crippen LogP contribution in [0.15, 0.2) is 30.7 Å². The molecule has 1 aliphatic heterocycles. The van der Waals surface area contributed by atoms with Crippen LogP contribution in [0.3, 0.4) is 0 Å². The first-order chi connectivity index (χ1) is 11.3. The first kappa shape index (κ1) is 15.6. The molecule has 0 aromatic carbocycles. The summed E-state index contributed by atoms with van der Waals surface area (Å²) < 4.78 is 5.92. The second-order valence-corrected chi connectivity index (χ2v) is 5.40. The van der Waals surface area contributed by atoms with Gasteiger partial charge in [-0.05, 0) is 6.07 Å². The maximum Gasteiger partial charge on any atom is 0.150 e. The third kappa shape index (κ3) is 3.57. The standard InChI is InChI=1S/C16H22N6O/c1-17-15-12(4-3-5-20-15)10-22-8-9-23-13(11-22)14-16(18-2)21-7-6-19-14/h3-7,13H,8-11H2,1-2H3,(H,17,20)(H,18,21)/t13-/m1/s1. The van der Waals surface area contributed by atoms with Crippen LogP contribution in [-0.4, -0.2) is 53.6 Å². The molecule has 2 aromatic rings. The molecule has 3 rings (SSSR count). The lowest BCUT2D eigenvalue weighted by Gasteiger charge is -2.33. The number of anilines is 2. The number of nitrogens with one attached hydrogen (secondary N) is 2. The second-order valence-electron chi connectivity index (χ2n) is 5.40. The van der Waals surface area contributed by atoms with Crippen LogP contribution in [0.5, 0.6) is 0 Å². The van der Waals surface area contributed by atoms with E-state index in [1.54, 1.807) is 18.6 Å². The summed E-state index contributed by atoms with van der Waals surface area (Å²) in [7, 11) is 3.75. The molecule has 0 amide bonds. The van der Waals surface area contributed by atoms with Gasteiger partial charge in [-0.2, -0.15) is 0 Å². The monoisotopic (exact) mass is 314 g/mol. The first-order valence-corrected chi connectivity index (χ1v) is 7.76. The minimum absolute atomic E-state index is 0.0744. The highest BCUT2D eigenvalue weighted by atomic mass is 16.5. The van der Waals surface area contributed by atoms with Crippen LogP contribution in [0.25, 0.3) is 0 Å². The lowest BCUT2D eigenvalue weighted by Crippen LogP contribution is -2.38. The topological polar surface area (TPSA) is 75.2 Å². The number of pyridine rings is 1. The fourth-order valence-electron chi connectivity index (χ4n) is 2.82. The lowest BCUT2D eigenvalue weighted by molar-refractivity contribution is -0.0347. The van der Waals surface area contributed by atoms with Gasteiger partial charge in [0.2, 0.25) is 0 Å². The summed E-state index contributed by atoms with van der Waals surface area (Å²) in [4.78, 5) is 15.5. The van der Waals surface area contributed by atoms with Crippen LogP contribution >= 0.6 is 0 Å². The Morgan fingerprint density at radius 1 is 1.13 bits per heavy atom. The van der Waals surface area contributed by atoms with Gasteiger partial charge in [-0.25, -0.2) is 9.97 Å². The van der Waals surface area contributed by atoms with Crippen molar-refractivity contribution >= 4 is 11.6 Å². The molecule has 0 unspecified atom stereocenters. The normalized spacial score (nSPS) is 18.6. The van der Waals surface area contributed by atoms with E-state index in [0.29, 0.717) is 6.61 Å². The molecule has 1 saturated heterocycles. The molecule has 122 valence electrons. The summed E-state index contributed by atoms with van der Waals surface area (Å²) in [6, 6.07) is 4.07. The summed E-state index contributed by atoms with van der Waals surface area (Å²) in [6.45, 7) is 3.19. The first-order valence-electron chi connectivity index (χ1n) is 7.76. The highest BCUT2D eigenvalue weighted by molar-refractivity contribution is 5.43. The van der Waals surface area contributed by atoms with Crippen molar-refractivity contribution in [2.75, 3.05) is 44.4 Å². The number of aromatic nitrogens is 3. The summed E-state index contributed by atoms with van der Waals surface area (Å²) in [5.41, 5.74) is 2.04. The Balaban J connectivity index is 1.73. The van der Waals surface area contributed by atoms with E-state index in [1.807, 2.05) is 20.2 Å². The number of morpholine rings is 1. The van der Waals surface area contributed by atoms with E-state index >= 15 is 0 Å². The van der Waals surface area contributed by atoms with E-state index in [-0.39, 0.29) is 6.10 Å². The molecule has 0 aliphatic carbocycles. The van der Waals surface area contributed by atoms with E-state index in [4.69, 9.17) is 4.74 Å². The van der Waals surface area contributed by atoms with E-state index in [2.05, 4.69) is 36.6 Å². The zero-order chi connectivity index (χ0) is 16.1. The Morgan fingerprint density at radius 3 is 2.74 bits per heavy atom. The van der Waals surface area contributed by atoms with Crippen molar-refractivity contribution in [1.29, 1.82) is 0 Å². The Morgan fingerprint density at radius 2 is 1.91 bits per heavy atom. The molecule has 2 aromatic heterocycles. The molecule has 1 atom stereocenters. The van der Waals surface area contributed by atoms with Gasteiger partial charge in [-0.1, -0.05) is 6.07 Å². The highest BCUT2D eigenvalue weighted by Crippen LogP contribution is 2.26. The van der Waals surface area contributed by atoms with Gasteiger partial charge in [-0.15, -0.1) is 0 Å². The molecule has 0 radical (unpaired) electrons. The minimum atomic E-state index is -0.0744.